The van der Waals surface area contributed by atoms with Crippen LogP contribution in [0.5, 0.6) is 0 Å². The highest BCUT2D eigenvalue weighted by atomic mass is 127. The lowest BCUT2D eigenvalue weighted by Gasteiger charge is -2.40. The monoisotopic (exact) mass is 517 g/mol. The quantitative estimate of drug-likeness (QED) is 0.227. The van der Waals surface area contributed by atoms with Crippen LogP contribution in [0.15, 0.2) is 35.3 Å². The van der Waals surface area contributed by atoms with Gasteiger partial charge in [0.05, 0.1) is 6.61 Å². The summed E-state index contributed by atoms with van der Waals surface area (Å²) in [6, 6.07) is 11.2. The van der Waals surface area contributed by atoms with Crippen molar-refractivity contribution in [2.24, 2.45) is 4.99 Å². The summed E-state index contributed by atoms with van der Waals surface area (Å²) < 4.78 is 4.95. The van der Waals surface area contributed by atoms with Gasteiger partial charge in [0.15, 0.2) is 5.96 Å². The van der Waals surface area contributed by atoms with Crippen LogP contribution < -0.4 is 10.6 Å². The van der Waals surface area contributed by atoms with Crippen LogP contribution in [0.1, 0.15) is 31.9 Å². The molecule has 1 atom stereocenters. The number of carbonyl (C=O) groups is 1. The first-order valence-corrected chi connectivity index (χ1v) is 10.3. The number of ether oxygens (including phenoxy) is 1. The second-order valence-corrected chi connectivity index (χ2v) is 6.87. The van der Waals surface area contributed by atoms with Gasteiger partial charge in [-0.25, -0.2) is 4.99 Å². The molecule has 0 radical (unpaired) electrons. The molecule has 1 amide bonds. The molecule has 2 rings (SSSR count). The third-order valence-corrected chi connectivity index (χ3v) is 4.96. The van der Waals surface area contributed by atoms with Crippen LogP contribution in [0.2, 0.25) is 0 Å². The highest BCUT2D eigenvalue weighted by Gasteiger charge is 2.25. The summed E-state index contributed by atoms with van der Waals surface area (Å²) in [5.74, 6) is 0.734. The first-order valence-electron chi connectivity index (χ1n) is 10.3. The van der Waals surface area contributed by atoms with E-state index in [0.29, 0.717) is 19.2 Å². The molecule has 1 unspecified atom stereocenters. The first kappa shape index (κ1) is 25.6. The largest absolute Gasteiger partial charge is 0.383 e. The molecule has 1 fully saturated rings. The topological polar surface area (TPSA) is 69.2 Å². The van der Waals surface area contributed by atoms with Crippen molar-refractivity contribution in [3.8, 4) is 0 Å². The lowest BCUT2D eigenvalue weighted by atomic mass is 10.0. The fraction of sp³-hybridized carbons (Fsp3) is 0.619. The van der Waals surface area contributed by atoms with Crippen LogP contribution in [-0.4, -0.2) is 81.2 Å². The number of guanidine groups is 1. The Kier molecular flexibility index (Phi) is 12.9. The number of hydrogen-bond acceptors (Lipinski definition) is 4. The second-order valence-electron chi connectivity index (χ2n) is 6.87. The van der Waals surface area contributed by atoms with Gasteiger partial charge in [0, 0.05) is 52.4 Å². The normalized spacial score (nSPS) is 16.1. The van der Waals surface area contributed by atoms with Gasteiger partial charge in [-0.3, -0.25) is 9.69 Å². The van der Waals surface area contributed by atoms with E-state index in [1.54, 1.807) is 7.11 Å². The SMILES string of the molecule is CCNC(=NCC(=O)NCCOC)N1CCN(C(CC)c2ccccc2)CC1.I. The van der Waals surface area contributed by atoms with Crippen molar-refractivity contribution in [1.29, 1.82) is 0 Å². The molecular weight excluding hydrogens is 481 g/mol. The molecule has 0 aliphatic carbocycles. The minimum atomic E-state index is -0.0822. The Morgan fingerprint density at radius 2 is 1.83 bits per heavy atom. The Morgan fingerprint density at radius 1 is 1.14 bits per heavy atom. The van der Waals surface area contributed by atoms with Crippen LogP contribution in [0.3, 0.4) is 0 Å². The van der Waals surface area contributed by atoms with Gasteiger partial charge in [0.25, 0.3) is 0 Å². The molecule has 8 heteroatoms. The number of rotatable bonds is 9. The molecule has 0 spiro atoms. The minimum absolute atomic E-state index is 0. The highest BCUT2D eigenvalue weighted by Crippen LogP contribution is 2.25. The van der Waals surface area contributed by atoms with E-state index in [0.717, 1.165) is 45.1 Å². The zero-order valence-corrected chi connectivity index (χ0v) is 20.2. The van der Waals surface area contributed by atoms with E-state index in [1.807, 2.05) is 6.92 Å². The van der Waals surface area contributed by atoms with Crippen molar-refractivity contribution in [2.45, 2.75) is 26.3 Å². The Labute approximate surface area is 192 Å². The van der Waals surface area contributed by atoms with Gasteiger partial charge in [-0.15, -0.1) is 24.0 Å². The van der Waals surface area contributed by atoms with Crippen LogP contribution in [0.25, 0.3) is 0 Å². The molecule has 1 saturated heterocycles. The fourth-order valence-electron chi connectivity index (χ4n) is 3.55. The van der Waals surface area contributed by atoms with E-state index >= 15 is 0 Å². The average molecular weight is 517 g/mol. The van der Waals surface area contributed by atoms with E-state index in [4.69, 9.17) is 4.74 Å². The van der Waals surface area contributed by atoms with Crippen LogP contribution in [0.4, 0.5) is 0 Å². The van der Waals surface area contributed by atoms with Gasteiger partial charge in [-0.05, 0) is 18.9 Å². The van der Waals surface area contributed by atoms with Crippen molar-refractivity contribution >= 4 is 35.8 Å². The molecule has 0 bridgehead atoms. The summed E-state index contributed by atoms with van der Waals surface area (Å²) in [4.78, 5) is 21.2. The smallest absolute Gasteiger partial charge is 0.241 e. The van der Waals surface area contributed by atoms with Crippen molar-refractivity contribution < 1.29 is 9.53 Å². The Balaban J connectivity index is 0.00000420. The zero-order valence-electron chi connectivity index (χ0n) is 17.9. The number of benzene rings is 1. The summed E-state index contributed by atoms with van der Waals surface area (Å²) in [5.41, 5.74) is 1.38. The molecule has 7 nitrogen and oxygen atoms in total. The minimum Gasteiger partial charge on any atom is -0.383 e. The number of methoxy groups -OCH3 is 1. The third-order valence-electron chi connectivity index (χ3n) is 4.96. The lowest BCUT2D eigenvalue weighted by Crippen LogP contribution is -2.53. The number of aliphatic imine (C=N–C) groups is 1. The summed E-state index contributed by atoms with van der Waals surface area (Å²) >= 11 is 0. The van der Waals surface area contributed by atoms with Crippen molar-refractivity contribution in [1.82, 2.24) is 20.4 Å². The van der Waals surface area contributed by atoms with E-state index in [9.17, 15) is 4.79 Å². The van der Waals surface area contributed by atoms with Crippen molar-refractivity contribution in [2.75, 3.05) is 59.5 Å². The van der Waals surface area contributed by atoms with E-state index in [-0.39, 0.29) is 36.4 Å². The molecule has 1 heterocycles. The van der Waals surface area contributed by atoms with E-state index in [1.165, 1.54) is 5.56 Å². The number of piperazine rings is 1. The first-order chi connectivity index (χ1) is 13.7. The third kappa shape index (κ3) is 8.47. The maximum absolute atomic E-state index is 11.9. The molecule has 1 aliphatic heterocycles. The number of halogens is 1. The summed E-state index contributed by atoms with van der Waals surface area (Å²) in [5, 5.41) is 6.12. The van der Waals surface area contributed by atoms with E-state index < -0.39 is 0 Å². The molecule has 1 aromatic rings. The zero-order chi connectivity index (χ0) is 20.2. The van der Waals surface area contributed by atoms with Crippen molar-refractivity contribution in [3.05, 3.63) is 35.9 Å². The number of hydrogen-bond donors (Lipinski definition) is 2. The summed E-state index contributed by atoms with van der Waals surface area (Å²) in [7, 11) is 1.62. The Hall–Kier alpha value is -1.39. The maximum Gasteiger partial charge on any atom is 0.241 e. The molecule has 29 heavy (non-hydrogen) atoms. The van der Waals surface area contributed by atoms with Crippen LogP contribution >= 0.6 is 24.0 Å². The standard InChI is InChI=1S/C21H35N5O2.HI/c1-4-19(18-9-7-6-8-10-18)25-12-14-26(15-13-25)21(22-5-2)24-17-20(27)23-11-16-28-3;/h6-10,19H,4-5,11-17H2,1-3H3,(H,22,24)(H,23,27);1H. The number of carbonyl (C=O) groups excluding carboxylic acids is 1. The van der Waals surface area contributed by atoms with Gasteiger partial charge in [-0.2, -0.15) is 0 Å². The van der Waals surface area contributed by atoms with Crippen molar-refractivity contribution in [3.63, 3.8) is 0 Å². The Morgan fingerprint density at radius 3 is 2.41 bits per heavy atom. The Bertz CT molecular complexity index is 606. The average Bonchev–Trinajstić information content (AvgIpc) is 2.73. The number of amides is 1. The van der Waals surface area contributed by atoms with Crippen LogP contribution in [0, 0.1) is 0 Å². The summed E-state index contributed by atoms with van der Waals surface area (Å²) in [6.07, 6.45) is 1.10. The van der Waals surface area contributed by atoms with Crippen LogP contribution in [-0.2, 0) is 9.53 Å². The fourth-order valence-corrected chi connectivity index (χ4v) is 3.55. The lowest BCUT2D eigenvalue weighted by molar-refractivity contribution is -0.119. The number of nitrogens with one attached hydrogen (secondary N) is 2. The molecular formula is C21H36IN5O2. The molecule has 0 saturated carbocycles. The van der Waals surface area contributed by atoms with Gasteiger partial charge < -0.3 is 20.3 Å². The highest BCUT2D eigenvalue weighted by molar-refractivity contribution is 14.0. The second kappa shape index (κ2) is 14.6. The summed E-state index contributed by atoms with van der Waals surface area (Å²) in [6.45, 7) is 10.0. The number of nitrogens with zero attached hydrogens (tertiary/aromatic N) is 3. The van der Waals surface area contributed by atoms with Gasteiger partial charge in [-0.1, -0.05) is 37.3 Å². The van der Waals surface area contributed by atoms with Gasteiger partial charge in [0.2, 0.25) is 5.91 Å². The molecule has 1 aliphatic rings. The van der Waals surface area contributed by atoms with Gasteiger partial charge >= 0.3 is 0 Å². The predicted molar refractivity (Wildman–Crippen MR) is 129 cm³/mol. The molecule has 1 aromatic carbocycles. The molecule has 2 N–H and O–H groups in total. The predicted octanol–water partition coefficient (Wildman–Crippen LogP) is 2.10. The van der Waals surface area contributed by atoms with E-state index in [2.05, 4.69) is 62.7 Å². The maximum atomic E-state index is 11.9. The van der Waals surface area contributed by atoms with Gasteiger partial charge in [0.1, 0.15) is 6.54 Å². The molecule has 164 valence electrons. The molecule has 0 aromatic heterocycles.